The molecular weight excluding hydrogens is 360 g/mol. The predicted molar refractivity (Wildman–Crippen MR) is 104 cm³/mol. The summed E-state index contributed by atoms with van der Waals surface area (Å²) in [6.07, 6.45) is 1.56. The second-order valence-electron chi connectivity index (χ2n) is 6.35. The number of carbonyl (C=O) groups excluding carboxylic acids is 2. The number of nitrogens with zero attached hydrogens (tertiary/aromatic N) is 3. The summed E-state index contributed by atoms with van der Waals surface area (Å²) in [5.74, 6) is -0.0307. The topological polar surface area (TPSA) is 75.2 Å². The molecule has 0 unspecified atom stereocenters. The normalized spacial score (nSPS) is 13.8. The van der Waals surface area contributed by atoms with Gasteiger partial charge in [-0.1, -0.05) is 53.8 Å². The molecule has 1 saturated heterocycles. The van der Waals surface area contributed by atoms with E-state index in [2.05, 4.69) is 15.5 Å². The smallest absolute Gasteiger partial charge is 0.257 e. The Kier molecular flexibility index (Phi) is 4.93. The fourth-order valence-electron chi connectivity index (χ4n) is 2.99. The van der Waals surface area contributed by atoms with Crippen molar-refractivity contribution in [1.29, 1.82) is 0 Å². The fourth-order valence-corrected chi connectivity index (χ4v) is 3.74. The van der Waals surface area contributed by atoms with Crippen LogP contribution < -0.4 is 5.32 Å². The molecule has 6 nitrogen and oxygen atoms in total. The summed E-state index contributed by atoms with van der Waals surface area (Å²) >= 11 is 1.34. The van der Waals surface area contributed by atoms with Gasteiger partial charge in [0.05, 0.1) is 0 Å². The highest BCUT2D eigenvalue weighted by Crippen LogP contribution is 2.26. The maximum absolute atomic E-state index is 12.4. The summed E-state index contributed by atoms with van der Waals surface area (Å²) in [6.45, 7) is 1.40. The molecule has 2 heterocycles. The van der Waals surface area contributed by atoms with E-state index in [0.717, 1.165) is 29.1 Å². The average Bonchev–Trinajstić information content (AvgIpc) is 3.32. The first-order valence-corrected chi connectivity index (χ1v) is 9.58. The van der Waals surface area contributed by atoms with Gasteiger partial charge in [-0.3, -0.25) is 14.9 Å². The summed E-state index contributed by atoms with van der Waals surface area (Å²) in [6, 6.07) is 17.0. The molecule has 0 radical (unpaired) electrons. The fraction of sp³-hybridized carbons (Fsp3) is 0.200. The van der Waals surface area contributed by atoms with Crippen molar-refractivity contribution in [3.8, 4) is 10.6 Å². The highest BCUT2D eigenvalue weighted by atomic mass is 32.1. The van der Waals surface area contributed by atoms with E-state index in [0.29, 0.717) is 23.7 Å². The van der Waals surface area contributed by atoms with Crippen molar-refractivity contribution in [3.63, 3.8) is 0 Å². The van der Waals surface area contributed by atoms with Crippen LogP contribution in [0.2, 0.25) is 0 Å². The number of likely N-dealkylation sites (tertiary alicyclic amines) is 1. The van der Waals surface area contributed by atoms with Crippen LogP contribution >= 0.6 is 11.3 Å². The molecule has 2 amide bonds. The monoisotopic (exact) mass is 378 g/mol. The Bertz CT molecular complexity index is 954. The van der Waals surface area contributed by atoms with Gasteiger partial charge in [0.2, 0.25) is 11.0 Å². The van der Waals surface area contributed by atoms with Crippen LogP contribution in [0.25, 0.3) is 10.6 Å². The number of rotatable bonds is 5. The molecule has 0 saturated carbocycles. The van der Waals surface area contributed by atoms with E-state index < -0.39 is 0 Å². The summed E-state index contributed by atoms with van der Waals surface area (Å²) in [5.41, 5.74) is 2.53. The van der Waals surface area contributed by atoms with Crippen molar-refractivity contribution >= 4 is 28.3 Å². The molecule has 1 N–H and O–H groups in total. The number of amides is 2. The molecule has 2 aromatic carbocycles. The van der Waals surface area contributed by atoms with Gasteiger partial charge in [0.1, 0.15) is 5.01 Å². The van der Waals surface area contributed by atoms with Crippen LogP contribution in [0.1, 0.15) is 28.8 Å². The summed E-state index contributed by atoms with van der Waals surface area (Å²) in [7, 11) is 0. The number of benzene rings is 2. The second-order valence-corrected chi connectivity index (χ2v) is 7.33. The molecule has 1 aromatic heterocycles. The van der Waals surface area contributed by atoms with Gasteiger partial charge >= 0.3 is 0 Å². The largest absolute Gasteiger partial charge is 0.338 e. The number of hydrogen-bond acceptors (Lipinski definition) is 5. The standard InChI is InChI=1S/C20H18N4O2S/c25-17-7-4-12-24(17)13-14-8-10-15(11-9-14)18(26)21-20-23-22-19(27-20)16-5-2-1-3-6-16/h1-3,5-6,8-11H,4,7,12-13H2,(H,21,23,26). The molecule has 0 spiro atoms. The Labute approximate surface area is 160 Å². The zero-order chi connectivity index (χ0) is 18.6. The minimum absolute atomic E-state index is 0.197. The number of aromatic nitrogens is 2. The van der Waals surface area contributed by atoms with Crippen molar-refractivity contribution in [1.82, 2.24) is 15.1 Å². The third-order valence-electron chi connectivity index (χ3n) is 4.43. The summed E-state index contributed by atoms with van der Waals surface area (Å²) < 4.78 is 0. The quantitative estimate of drug-likeness (QED) is 0.736. The Morgan fingerprint density at radius 3 is 2.56 bits per heavy atom. The number of hydrogen-bond donors (Lipinski definition) is 1. The molecule has 136 valence electrons. The first-order chi connectivity index (χ1) is 13.2. The van der Waals surface area contributed by atoms with Crippen molar-refractivity contribution in [2.24, 2.45) is 0 Å². The SMILES string of the molecule is O=C(Nc1nnc(-c2ccccc2)s1)c1ccc(CN2CCCC2=O)cc1. The highest BCUT2D eigenvalue weighted by molar-refractivity contribution is 7.18. The molecule has 4 rings (SSSR count). The summed E-state index contributed by atoms with van der Waals surface area (Å²) in [4.78, 5) is 26.0. The highest BCUT2D eigenvalue weighted by Gasteiger charge is 2.20. The molecule has 27 heavy (non-hydrogen) atoms. The summed E-state index contributed by atoms with van der Waals surface area (Å²) in [5, 5.41) is 12.2. The Balaban J connectivity index is 1.40. The molecule has 1 aliphatic rings. The minimum Gasteiger partial charge on any atom is -0.338 e. The van der Waals surface area contributed by atoms with E-state index in [4.69, 9.17) is 0 Å². The van der Waals surface area contributed by atoms with Gasteiger partial charge in [-0.25, -0.2) is 0 Å². The third-order valence-corrected chi connectivity index (χ3v) is 5.31. The third kappa shape index (κ3) is 4.03. The zero-order valence-electron chi connectivity index (χ0n) is 14.6. The lowest BCUT2D eigenvalue weighted by atomic mass is 10.1. The van der Waals surface area contributed by atoms with Crippen LogP contribution in [-0.4, -0.2) is 33.5 Å². The lowest BCUT2D eigenvalue weighted by molar-refractivity contribution is -0.128. The van der Waals surface area contributed by atoms with Gasteiger partial charge in [0.15, 0.2) is 0 Å². The van der Waals surface area contributed by atoms with Gasteiger partial charge in [-0.15, -0.1) is 10.2 Å². The van der Waals surface area contributed by atoms with Crippen LogP contribution in [0, 0.1) is 0 Å². The van der Waals surface area contributed by atoms with E-state index in [-0.39, 0.29) is 11.8 Å². The molecule has 1 fully saturated rings. The van der Waals surface area contributed by atoms with Gasteiger partial charge in [0, 0.05) is 30.6 Å². The zero-order valence-corrected chi connectivity index (χ0v) is 15.4. The molecular formula is C20H18N4O2S. The van der Waals surface area contributed by atoms with Gasteiger partial charge in [-0.05, 0) is 24.1 Å². The number of carbonyl (C=O) groups is 2. The lowest BCUT2D eigenvalue weighted by Gasteiger charge is -2.15. The van der Waals surface area contributed by atoms with Gasteiger partial charge < -0.3 is 4.90 Å². The van der Waals surface area contributed by atoms with Crippen LogP contribution in [-0.2, 0) is 11.3 Å². The molecule has 0 aliphatic carbocycles. The van der Waals surface area contributed by atoms with Gasteiger partial charge in [-0.2, -0.15) is 0 Å². The lowest BCUT2D eigenvalue weighted by Crippen LogP contribution is -2.23. The second kappa shape index (κ2) is 7.67. The van der Waals surface area contributed by atoms with Crippen LogP contribution in [0.5, 0.6) is 0 Å². The van der Waals surface area contributed by atoms with E-state index in [1.165, 1.54) is 11.3 Å². The van der Waals surface area contributed by atoms with Crippen molar-refractivity contribution in [2.75, 3.05) is 11.9 Å². The predicted octanol–water partition coefficient (Wildman–Crippen LogP) is 3.58. The van der Waals surface area contributed by atoms with Gasteiger partial charge in [0.25, 0.3) is 5.91 Å². The van der Waals surface area contributed by atoms with Crippen molar-refractivity contribution in [3.05, 3.63) is 65.7 Å². The molecule has 3 aromatic rings. The molecule has 0 bridgehead atoms. The molecule has 0 atom stereocenters. The maximum atomic E-state index is 12.4. The average molecular weight is 378 g/mol. The first-order valence-electron chi connectivity index (χ1n) is 8.76. The van der Waals surface area contributed by atoms with E-state index in [1.54, 1.807) is 12.1 Å². The Hall–Kier alpha value is -3.06. The minimum atomic E-state index is -0.227. The Morgan fingerprint density at radius 2 is 1.85 bits per heavy atom. The van der Waals surface area contributed by atoms with Crippen LogP contribution in [0.3, 0.4) is 0 Å². The van der Waals surface area contributed by atoms with E-state index in [9.17, 15) is 9.59 Å². The molecule has 1 aliphatic heterocycles. The molecule has 7 heteroatoms. The maximum Gasteiger partial charge on any atom is 0.257 e. The van der Waals surface area contributed by atoms with Crippen molar-refractivity contribution in [2.45, 2.75) is 19.4 Å². The van der Waals surface area contributed by atoms with Crippen LogP contribution in [0.4, 0.5) is 5.13 Å². The number of nitrogens with one attached hydrogen (secondary N) is 1. The van der Waals surface area contributed by atoms with E-state index in [1.807, 2.05) is 47.4 Å². The Morgan fingerprint density at radius 1 is 1.07 bits per heavy atom. The first kappa shape index (κ1) is 17.4. The van der Waals surface area contributed by atoms with E-state index >= 15 is 0 Å². The van der Waals surface area contributed by atoms with Crippen molar-refractivity contribution < 1.29 is 9.59 Å². The number of anilines is 1. The van der Waals surface area contributed by atoms with Crippen LogP contribution in [0.15, 0.2) is 54.6 Å².